The predicted molar refractivity (Wildman–Crippen MR) is 57.1 cm³/mol. The highest BCUT2D eigenvalue weighted by molar-refractivity contribution is 6.40. The number of carbonyl (C=O) groups excluding carboxylic acids is 2. The molecular weight excluding hydrogens is 194 g/mol. The lowest BCUT2D eigenvalue weighted by molar-refractivity contribution is -0.134. The number of ether oxygens (including phenoxy) is 1. The number of amides is 1. The Morgan fingerprint density at radius 1 is 1.33 bits per heavy atom. The Balaban J connectivity index is 2.95. The van der Waals surface area contributed by atoms with Gasteiger partial charge >= 0.3 is 0 Å². The van der Waals surface area contributed by atoms with Crippen LogP contribution in [-0.2, 0) is 9.59 Å². The van der Waals surface area contributed by atoms with Crippen LogP contribution >= 0.6 is 0 Å². The van der Waals surface area contributed by atoms with Crippen LogP contribution in [0.3, 0.4) is 0 Å². The van der Waals surface area contributed by atoms with E-state index in [1.165, 1.54) is 11.8 Å². The van der Waals surface area contributed by atoms with E-state index in [4.69, 9.17) is 4.74 Å². The summed E-state index contributed by atoms with van der Waals surface area (Å²) in [6, 6.07) is 6.97. The summed E-state index contributed by atoms with van der Waals surface area (Å²) in [6.45, 7) is 1.25. The van der Waals surface area contributed by atoms with E-state index < -0.39 is 11.7 Å². The second-order valence-electron chi connectivity index (χ2n) is 3.12. The number of methoxy groups -OCH3 is 1. The van der Waals surface area contributed by atoms with Crippen molar-refractivity contribution in [3.8, 4) is 5.75 Å². The van der Waals surface area contributed by atoms with Gasteiger partial charge in [0, 0.05) is 25.7 Å². The van der Waals surface area contributed by atoms with E-state index in [9.17, 15) is 9.59 Å². The number of carbonyl (C=O) groups is 2. The largest absolute Gasteiger partial charge is 0.497 e. The fourth-order valence-electron chi connectivity index (χ4n) is 1.17. The standard InChI is InChI=1S/C11H13NO3/c1-8(13)11(14)12(2)9-5-4-6-10(7-9)15-3/h4-7H,1-3H3. The molecular formula is C11H13NO3. The van der Waals surface area contributed by atoms with Gasteiger partial charge in [-0.3, -0.25) is 9.59 Å². The van der Waals surface area contributed by atoms with Crippen LogP contribution in [0.2, 0.25) is 0 Å². The number of Topliss-reactive ketones (excluding diaryl/α,β-unsaturated/α-hetero) is 1. The normalized spacial score (nSPS) is 9.53. The minimum atomic E-state index is -0.539. The molecule has 0 aromatic heterocycles. The summed E-state index contributed by atoms with van der Waals surface area (Å²) in [7, 11) is 3.10. The Morgan fingerprint density at radius 2 is 2.00 bits per heavy atom. The van der Waals surface area contributed by atoms with Gasteiger partial charge in [-0.2, -0.15) is 0 Å². The van der Waals surface area contributed by atoms with Gasteiger partial charge in [0.15, 0.2) is 0 Å². The molecule has 0 unspecified atom stereocenters. The molecule has 1 amide bonds. The van der Waals surface area contributed by atoms with Crippen molar-refractivity contribution in [2.45, 2.75) is 6.92 Å². The van der Waals surface area contributed by atoms with Crippen LogP contribution in [0.25, 0.3) is 0 Å². The van der Waals surface area contributed by atoms with Crippen molar-refractivity contribution < 1.29 is 14.3 Å². The van der Waals surface area contributed by atoms with Crippen LogP contribution in [-0.4, -0.2) is 25.8 Å². The quantitative estimate of drug-likeness (QED) is 0.701. The van der Waals surface area contributed by atoms with Gasteiger partial charge in [-0.05, 0) is 12.1 Å². The molecule has 0 radical (unpaired) electrons. The maximum atomic E-state index is 11.4. The smallest absolute Gasteiger partial charge is 0.293 e. The van der Waals surface area contributed by atoms with Gasteiger partial charge in [0.2, 0.25) is 5.78 Å². The molecule has 0 N–H and O–H groups in total. The van der Waals surface area contributed by atoms with E-state index in [0.717, 1.165) is 0 Å². The highest BCUT2D eigenvalue weighted by Crippen LogP contribution is 2.19. The maximum absolute atomic E-state index is 11.4. The average Bonchev–Trinajstić information content (AvgIpc) is 2.27. The molecule has 4 heteroatoms. The van der Waals surface area contributed by atoms with Gasteiger partial charge < -0.3 is 9.64 Å². The van der Waals surface area contributed by atoms with Crippen LogP contribution in [0, 0.1) is 0 Å². The summed E-state index contributed by atoms with van der Waals surface area (Å²) in [6.07, 6.45) is 0. The molecule has 0 aliphatic rings. The molecule has 0 aliphatic carbocycles. The molecule has 80 valence electrons. The summed E-state index contributed by atoms with van der Waals surface area (Å²) in [5.74, 6) is -0.376. The minimum Gasteiger partial charge on any atom is -0.497 e. The summed E-state index contributed by atoms with van der Waals surface area (Å²) in [4.78, 5) is 23.6. The molecule has 1 aromatic rings. The molecule has 0 saturated heterocycles. The lowest BCUT2D eigenvalue weighted by Gasteiger charge is -2.16. The third-order valence-corrected chi connectivity index (χ3v) is 2.05. The topological polar surface area (TPSA) is 46.6 Å². The van der Waals surface area contributed by atoms with Crippen molar-refractivity contribution in [2.75, 3.05) is 19.1 Å². The molecule has 0 spiro atoms. The molecule has 0 saturated carbocycles. The maximum Gasteiger partial charge on any atom is 0.293 e. The number of ketones is 1. The lowest BCUT2D eigenvalue weighted by atomic mass is 10.2. The number of benzene rings is 1. The summed E-state index contributed by atoms with van der Waals surface area (Å²) >= 11 is 0. The Kier molecular flexibility index (Phi) is 3.44. The number of hydrogen-bond acceptors (Lipinski definition) is 3. The highest BCUT2D eigenvalue weighted by Gasteiger charge is 2.15. The SMILES string of the molecule is COc1cccc(N(C)C(=O)C(C)=O)c1. The van der Waals surface area contributed by atoms with Crippen LogP contribution < -0.4 is 9.64 Å². The third kappa shape index (κ3) is 2.56. The van der Waals surface area contributed by atoms with Gasteiger partial charge in [0.05, 0.1) is 7.11 Å². The molecule has 1 aromatic carbocycles. The molecule has 0 atom stereocenters. The van der Waals surface area contributed by atoms with Crippen LogP contribution in [0.5, 0.6) is 5.75 Å². The first kappa shape index (κ1) is 11.2. The van der Waals surface area contributed by atoms with E-state index in [2.05, 4.69) is 0 Å². The molecule has 0 bridgehead atoms. The molecule has 0 fully saturated rings. The second-order valence-corrected chi connectivity index (χ2v) is 3.12. The van der Waals surface area contributed by atoms with Gasteiger partial charge in [-0.15, -0.1) is 0 Å². The van der Waals surface area contributed by atoms with Crippen molar-refractivity contribution in [3.05, 3.63) is 24.3 Å². The van der Waals surface area contributed by atoms with Gasteiger partial charge in [0.1, 0.15) is 5.75 Å². The monoisotopic (exact) mass is 207 g/mol. The number of likely N-dealkylation sites (N-methyl/N-ethyl adjacent to an activating group) is 1. The fourth-order valence-corrected chi connectivity index (χ4v) is 1.17. The van der Waals surface area contributed by atoms with E-state index >= 15 is 0 Å². The van der Waals surface area contributed by atoms with Gasteiger partial charge in [0.25, 0.3) is 5.91 Å². The van der Waals surface area contributed by atoms with Crippen molar-refractivity contribution in [1.82, 2.24) is 0 Å². The van der Waals surface area contributed by atoms with E-state index in [1.807, 2.05) is 0 Å². The minimum absolute atomic E-state index is 0.486. The van der Waals surface area contributed by atoms with Crippen molar-refractivity contribution >= 4 is 17.4 Å². The fraction of sp³-hybridized carbons (Fsp3) is 0.273. The highest BCUT2D eigenvalue weighted by atomic mass is 16.5. The van der Waals surface area contributed by atoms with Crippen LogP contribution in [0.1, 0.15) is 6.92 Å². The van der Waals surface area contributed by atoms with E-state index in [0.29, 0.717) is 11.4 Å². The zero-order valence-corrected chi connectivity index (χ0v) is 8.98. The number of rotatable bonds is 3. The van der Waals surface area contributed by atoms with Crippen LogP contribution in [0.4, 0.5) is 5.69 Å². The first-order valence-corrected chi connectivity index (χ1v) is 4.49. The number of anilines is 1. The Labute approximate surface area is 88.5 Å². The molecule has 0 aliphatic heterocycles. The van der Waals surface area contributed by atoms with Crippen LogP contribution in [0.15, 0.2) is 24.3 Å². The third-order valence-electron chi connectivity index (χ3n) is 2.05. The zero-order valence-electron chi connectivity index (χ0n) is 8.98. The van der Waals surface area contributed by atoms with Crippen molar-refractivity contribution in [2.24, 2.45) is 0 Å². The Bertz CT molecular complexity index is 387. The number of nitrogens with zero attached hydrogens (tertiary/aromatic N) is 1. The average molecular weight is 207 g/mol. The van der Waals surface area contributed by atoms with Gasteiger partial charge in [-0.1, -0.05) is 6.07 Å². The van der Waals surface area contributed by atoms with Crippen molar-refractivity contribution in [3.63, 3.8) is 0 Å². The first-order chi connectivity index (χ1) is 7.06. The summed E-state index contributed by atoms with van der Waals surface area (Å²) in [5.41, 5.74) is 0.634. The lowest BCUT2D eigenvalue weighted by Crippen LogP contribution is -2.31. The molecule has 1 rings (SSSR count). The molecule has 15 heavy (non-hydrogen) atoms. The zero-order chi connectivity index (χ0) is 11.4. The first-order valence-electron chi connectivity index (χ1n) is 4.49. The van der Waals surface area contributed by atoms with E-state index in [-0.39, 0.29) is 0 Å². The number of hydrogen-bond donors (Lipinski definition) is 0. The van der Waals surface area contributed by atoms with E-state index in [1.54, 1.807) is 38.4 Å². The predicted octanol–water partition coefficient (Wildman–Crippen LogP) is 1.25. The Morgan fingerprint density at radius 3 is 2.53 bits per heavy atom. The van der Waals surface area contributed by atoms with Crippen molar-refractivity contribution in [1.29, 1.82) is 0 Å². The molecule has 0 heterocycles. The van der Waals surface area contributed by atoms with Gasteiger partial charge in [-0.25, -0.2) is 0 Å². The molecule has 4 nitrogen and oxygen atoms in total. The Hall–Kier alpha value is -1.84. The second kappa shape index (κ2) is 4.59. The summed E-state index contributed by atoms with van der Waals surface area (Å²) < 4.78 is 5.02. The summed E-state index contributed by atoms with van der Waals surface area (Å²) in [5, 5.41) is 0.